The number of benzene rings is 1. The van der Waals surface area contributed by atoms with E-state index in [4.69, 9.17) is 4.74 Å². The molecule has 0 radical (unpaired) electrons. The van der Waals surface area contributed by atoms with E-state index in [9.17, 15) is 4.79 Å². The number of ether oxygens (including phenoxy) is 1. The molecule has 106 valence electrons. The Morgan fingerprint density at radius 2 is 2.25 bits per heavy atom. The average Bonchev–Trinajstić information content (AvgIpc) is 2.98. The van der Waals surface area contributed by atoms with E-state index in [2.05, 4.69) is 15.3 Å². The van der Waals surface area contributed by atoms with E-state index in [1.54, 1.807) is 12.5 Å². The monoisotopic (exact) mass is 273 g/mol. The topological polar surface area (TPSA) is 67.0 Å². The summed E-state index contributed by atoms with van der Waals surface area (Å²) in [6, 6.07) is 7.82. The third-order valence-corrected chi connectivity index (χ3v) is 2.92. The summed E-state index contributed by atoms with van der Waals surface area (Å²) in [4.78, 5) is 18.6. The Balaban J connectivity index is 1.81. The number of aromatic amines is 1. The number of carbonyl (C=O) groups is 1. The minimum atomic E-state index is 0.0194. The van der Waals surface area contributed by atoms with Gasteiger partial charge < -0.3 is 15.0 Å². The fourth-order valence-corrected chi connectivity index (χ4v) is 1.92. The van der Waals surface area contributed by atoms with Crippen LogP contribution in [0.25, 0.3) is 0 Å². The van der Waals surface area contributed by atoms with Gasteiger partial charge in [-0.1, -0.05) is 18.2 Å². The number of aryl methyl sites for hydroxylation is 1. The molecule has 1 amide bonds. The molecule has 5 nitrogen and oxygen atoms in total. The highest BCUT2D eigenvalue weighted by molar-refractivity contribution is 5.76. The summed E-state index contributed by atoms with van der Waals surface area (Å²) < 4.78 is 5.54. The summed E-state index contributed by atoms with van der Waals surface area (Å²) in [6.45, 7) is 3.06. The predicted molar refractivity (Wildman–Crippen MR) is 76.4 cm³/mol. The average molecular weight is 273 g/mol. The van der Waals surface area contributed by atoms with Crippen molar-refractivity contribution >= 4 is 5.91 Å². The van der Waals surface area contributed by atoms with Crippen LogP contribution in [0.3, 0.4) is 0 Å². The van der Waals surface area contributed by atoms with E-state index in [0.717, 1.165) is 17.0 Å². The molecule has 1 aromatic carbocycles. The lowest BCUT2D eigenvalue weighted by Gasteiger charge is -2.09. The molecule has 0 bridgehead atoms. The van der Waals surface area contributed by atoms with Crippen molar-refractivity contribution in [3.63, 3.8) is 0 Å². The zero-order chi connectivity index (χ0) is 14.2. The molecule has 1 aromatic heterocycles. The maximum Gasteiger partial charge on any atom is 0.220 e. The maximum absolute atomic E-state index is 11.8. The lowest BCUT2D eigenvalue weighted by atomic mass is 10.1. The lowest BCUT2D eigenvalue weighted by molar-refractivity contribution is -0.121. The van der Waals surface area contributed by atoms with Gasteiger partial charge in [-0.05, 0) is 25.0 Å². The van der Waals surface area contributed by atoms with Crippen LogP contribution < -0.4 is 10.1 Å². The lowest BCUT2D eigenvalue weighted by Crippen LogP contribution is -2.23. The number of imidazole rings is 1. The van der Waals surface area contributed by atoms with Crippen LogP contribution >= 0.6 is 0 Å². The van der Waals surface area contributed by atoms with Gasteiger partial charge in [0.05, 0.1) is 25.2 Å². The molecule has 0 aliphatic heterocycles. The maximum atomic E-state index is 11.8. The van der Waals surface area contributed by atoms with Gasteiger partial charge in [0.15, 0.2) is 0 Å². The molecule has 20 heavy (non-hydrogen) atoms. The van der Waals surface area contributed by atoms with Crippen molar-refractivity contribution in [1.29, 1.82) is 0 Å². The first kappa shape index (κ1) is 14.1. The summed E-state index contributed by atoms with van der Waals surface area (Å²) >= 11 is 0. The van der Waals surface area contributed by atoms with Gasteiger partial charge in [0.1, 0.15) is 5.75 Å². The number of H-pyrrole nitrogens is 1. The van der Waals surface area contributed by atoms with Gasteiger partial charge in [-0.15, -0.1) is 0 Å². The highest BCUT2D eigenvalue weighted by Gasteiger charge is 2.06. The van der Waals surface area contributed by atoms with E-state index < -0.39 is 0 Å². The van der Waals surface area contributed by atoms with Gasteiger partial charge in [0, 0.05) is 12.6 Å². The number of amides is 1. The van der Waals surface area contributed by atoms with Crippen LogP contribution in [-0.4, -0.2) is 22.5 Å². The van der Waals surface area contributed by atoms with Crippen LogP contribution in [0.1, 0.15) is 24.6 Å². The molecule has 0 saturated carbocycles. The summed E-state index contributed by atoms with van der Waals surface area (Å²) in [5.41, 5.74) is 1.96. The molecule has 0 saturated heterocycles. The molecule has 0 aliphatic carbocycles. The van der Waals surface area contributed by atoms with E-state index in [0.29, 0.717) is 26.0 Å². The number of nitrogens with one attached hydrogen (secondary N) is 2. The third kappa shape index (κ3) is 4.12. The standard InChI is InChI=1S/C15H19N3O2/c1-2-20-14-6-4-3-5-12(14)7-8-15(19)17-10-13-9-16-11-18-13/h3-6,9,11H,2,7-8,10H2,1H3,(H,16,18)(H,17,19). The van der Waals surface area contributed by atoms with Crippen LogP contribution in [-0.2, 0) is 17.8 Å². The van der Waals surface area contributed by atoms with Gasteiger partial charge in [-0.25, -0.2) is 4.98 Å². The van der Waals surface area contributed by atoms with Crippen molar-refractivity contribution in [3.8, 4) is 5.75 Å². The number of rotatable bonds is 7. The fourth-order valence-electron chi connectivity index (χ4n) is 1.92. The summed E-state index contributed by atoms with van der Waals surface area (Å²) in [7, 11) is 0. The number of hydrogen-bond acceptors (Lipinski definition) is 3. The van der Waals surface area contributed by atoms with Crippen LogP contribution in [0.4, 0.5) is 0 Å². The zero-order valence-electron chi connectivity index (χ0n) is 11.6. The van der Waals surface area contributed by atoms with Crippen molar-refractivity contribution in [2.24, 2.45) is 0 Å². The first-order chi connectivity index (χ1) is 9.79. The Morgan fingerprint density at radius 3 is 3.00 bits per heavy atom. The van der Waals surface area contributed by atoms with Crippen LogP contribution in [0.2, 0.25) is 0 Å². The van der Waals surface area contributed by atoms with Crippen molar-refractivity contribution in [3.05, 3.63) is 48.0 Å². The highest BCUT2D eigenvalue weighted by Crippen LogP contribution is 2.19. The molecule has 2 N–H and O–H groups in total. The molecule has 2 rings (SSSR count). The van der Waals surface area contributed by atoms with Crippen molar-refractivity contribution in [1.82, 2.24) is 15.3 Å². The van der Waals surface area contributed by atoms with Gasteiger partial charge >= 0.3 is 0 Å². The predicted octanol–water partition coefficient (Wildman–Crippen LogP) is 2.06. The molecular formula is C15H19N3O2. The molecule has 0 fully saturated rings. The summed E-state index contributed by atoms with van der Waals surface area (Å²) in [5.74, 6) is 0.877. The SMILES string of the molecule is CCOc1ccccc1CCC(=O)NCc1cnc[nH]1. The Kier molecular flexibility index (Phi) is 5.17. The van der Waals surface area contributed by atoms with Crippen molar-refractivity contribution in [2.75, 3.05) is 6.61 Å². The van der Waals surface area contributed by atoms with E-state index >= 15 is 0 Å². The van der Waals surface area contributed by atoms with Crippen LogP contribution in [0.5, 0.6) is 5.75 Å². The zero-order valence-corrected chi connectivity index (χ0v) is 11.6. The first-order valence-corrected chi connectivity index (χ1v) is 6.74. The molecule has 1 heterocycles. The highest BCUT2D eigenvalue weighted by atomic mass is 16.5. The molecule has 0 atom stereocenters. The van der Waals surface area contributed by atoms with Gasteiger partial charge in [-0.3, -0.25) is 4.79 Å². The van der Waals surface area contributed by atoms with E-state index in [1.165, 1.54) is 0 Å². The van der Waals surface area contributed by atoms with Crippen molar-refractivity contribution < 1.29 is 9.53 Å². The minimum Gasteiger partial charge on any atom is -0.494 e. The second-order valence-corrected chi connectivity index (χ2v) is 4.39. The third-order valence-electron chi connectivity index (χ3n) is 2.92. The molecule has 2 aromatic rings. The first-order valence-electron chi connectivity index (χ1n) is 6.74. The van der Waals surface area contributed by atoms with Gasteiger partial charge in [0.2, 0.25) is 5.91 Å². The molecule has 0 spiro atoms. The molecule has 5 heteroatoms. The summed E-state index contributed by atoms with van der Waals surface area (Å²) in [5, 5.41) is 2.86. The number of carbonyl (C=O) groups excluding carboxylic acids is 1. The fraction of sp³-hybridized carbons (Fsp3) is 0.333. The molecule has 0 unspecified atom stereocenters. The Hall–Kier alpha value is -2.30. The number of aromatic nitrogens is 2. The van der Waals surface area contributed by atoms with E-state index in [-0.39, 0.29) is 5.91 Å². The number of hydrogen-bond donors (Lipinski definition) is 2. The minimum absolute atomic E-state index is 0.0194. The largest absolute Gasteiger partial charge is 0.494 e. The summed E-state index contributed by atoms with van der Waals surface area (Å²) in [6.07, 6.45) is 4.41. The Morgan fingerprint density at radius 1 is 1.40 bits per heavy atom. The van der Waals surface area contributed by atoms with Gasteiger partial charge in [-0.2, -0.15) is 0 Å². The van der Waals surface area contributed by atoms with E-state index in [1.807, 2.05) is 31.2 Å². The van der Waals surface area contributed by atoms with Gasteiger partial charge in [0.25, 0.3) is 0 Å². The van der Waals surface area contributed by atoms with Crippen LogP contribution in [0, 0.1) is 0 Å². The Labute approximate surface area is 118 Å². The van der Waals surface area contributed by atoms with Crippen LogP contribution in [0.15, 0.2) is 36.8 Å². The normalized spacial score (nSPS) is 10.2. The molecular weight excluding hydrogens is 254 g/mol. The number of para-hydroxylation sites is 1. The second-order valence-electron chi connectivity index (χ2n) is 4.39. The van der Waals surface area contributed by atoms with Crippen molar-refractivity contribution in [2.45, 2.75) is 26.3 Å². The quantitative estimate of drug-likeness (QED) is 0.811. The Bertz CT molecular complexity index is 538. The molecule has 0 aliphatic rings. The smallest absolute Gasteiger partial charge is 0.220 e. The second kappa shape index (κ2) is 7.33. The number of nitrogens with zero attached hydrogens (tertiary/aromatic N) is 1.